The van der Waals surface area contributed by atoms with Crippen molar-refractivity contribution in [2.75, 3.05) is 25.1 Å². The van der Waals surface area contributed by atoms with Gasteiger partial charge in [-0.25, -0.2) is 0 Å². The molecule has 3 amide bonds. The average molecular weight is 533 g/mol. The third kappa shape index (κ3) is 4.66. The summed E-state index contributed by atoms with van der Waals surface area (Å²) in [6, 6.07) is 22.7. The van der Waals surface area contributed by atoms with E-state index < -0.39 is 0 Å². The lowest BCUT2D eigenvalue weighted by Crippen LogP contribution is -2.42. The highest BCUT2D eigenvalue weighted by Gasteiger charge is 2.32. The SMILES string of the molecule is COc1ccc(N(CCCN2C(=O)c3cccc4cccc(c34)C2=O)C(=O)c2ccc(Cl)cc2Cl)cc1. The zero-order valence-electron chi connectivity index (χ0n) is 19.9. The minimum absolute atomic E-state index is 0.149. The molecule has 0 saturated carbocycles. The molecule has 1 heterocycles. The fourth-order valence-corrected chi connectivity index (χ4v) is 5.08. The molecule has 5 rings (SSSR count). The van der Waals surface area contributed by atoms with E-state index in [9.17, 15) is 14.4 Å². The summed E-state index contributed by atoms with van der Waals surface area (Å²) in [4.78, 5) is 42.9. The molecule has 1 aliphatic rings. The fraction of sp³-hybridized carbons (Fsp3) is 0.138. The molecular weight excluding hydrogens is 511 g/mol. The summed E-state index contributed by atoms with van der Waals surface area (Å²) in [5.41, 5.74) is 1.93. The van der Waals surface area contributed by atoms with Gasteiger partial charge in [-0.15, -0.1) is 0 Å². The van der Waals surface area contributed by atoms with Gasteiger partial charge in [-0.1, -0.05) is 47.5 Å². The molecule has 6 nitrogen and oxygen atoms in total. The predicted molar refractivity (Wildman–Crippen MR) is 145 cm³/mol. The number of carbonyl (C=O) groups excluding carboxylic acids is 3. The monoisotopic (exact) mass is 532 g/mol. The van der Waals surface area contributed by atoms with Crippen molar-refractivity contribution >= 4 is 57.4 Å². The van der Waals surface area contributed by atoms with Crippen molar-refractivity contribution in [2.24, 2.45) is 0 Å². The molecule has 0 atom stereocenters. The van der Waals surface area contributed by atoms with Crippen LogP contribution >= 0.6 is 23.2 Å². The second kappa shape index (κ2) is 10.2. The zero-order valence-corrected chi connectivity index (χ0v) is 21.4. The minimum atomic E-state index is -0.336. The number of nitrogens with zero attached hydrogens (tertiary/aromatic N) is 2. The van der Waals surface area contributed by atoms with E-state index in [2.05, 4.69) is 0 Å². The first-order valence-electron chi connectivity index (χ1n) is 11.7. The molecule has 186 valence electrons. The Morgan fingerprint density at radius 3 is 2.14 bits per heavy atom. The van der Waals surface area contributed by atoms with Crippen LogP contribution in [-0.4, -0.2) is 42.8 Å². The van der Waals surface area contributed by atoms with Crippen LogP contribution in [0.3, 0.4) is 0 Å². The normalized spacial score (nSPS) is 12.7. The highest BCUT2D eigenvalue weighted by Crippen LogP contribution is 2.31. The van der Waals surface area contributed by atoms with Crippen molar-refractivity contribution in [3.05, 3.63) is 106 Å². The van der Waals surface area contributed by atoms with E-state index in [1.165, 1.54) is 11.0 Å². The van der Waals surface area contributed by atoms with Crippen LogP contribution in [0.5, 0.6) is 5.75 Å². The quantitative estimate of drug-likeness (QED) is 0.255. The molecule has 0 aliphatic carbocycles. The van der Waals surface area contributed by atoms with Gasteiger partial charge in [-0.3, -0.25) is 19.3 Å². The highest BCUT2D eigenvalue weighted by atomic mass is 35.5. The molecule has 4 aromatic rings. The summed E-state index contributed by atoms with van der Waals surface area (Å²) < 4.78 is 5.24. The molecule has 0 bridgehead atoms. The van der Waals surface area contributed by atoms with Crippen molar-refractivity contribution in [2.45, 2.75) is 6.42 Å². The van der Waals surface area contributed by atoms with Crippen molar-refractivity contribution in [1.82, 2.24) is 4.90 Å². The first-order chi connectivity index (χ1) is 17.9. The van der Waals surface area contributed by atoms with Crippen molar-refractivity contribution in [3.63, 3.8) is 0 Å². The summed E-state index contributed by atoms with van der Waals surface area (Å²) in [6.45, 7) is 0.393. The summed E-state index contributed by atoms with van der Waals surface area (Å²) in [7, 11) is 1.57. The second-order valence-corrected chi connectivity index (χ2v) is 9.45. The van der Waals surface area contributed by atoms with Gasteiger partial charge in [0.05, 0.1) is 17.7 Å². The number of carbonyl (C=O) groups is 3. The molecule has 0 radical (unpaired) electrons. The molecule has 1 aliphatic heterocycles. The van der Waals surface area contributed by atoms with E-state index in [0.29, 0.717) is 45.0 Å². The number of methoxy groups -OCH3 is 1. The number of anilines is 1. The van der Waals surface area contributed by atoms with Crippen LogP contribution in [0.1, 0.15) is 37.5 Å². The molecule has 0 spiro atoms. The third-order valence-electron chi connectivity index (χ3n) is 6.41. The van der Waals surface area contributed by atoms with Crippen LogP contribution in [0, 0.1) is 0 Å². The van der Waals surface area contributed by atoms with Crippen LogP contribution < -0.4 is 9.64 Å². The lowest BCUT2D eigenvalue weighted by atomic mass is 9.94. The largest absolute Gasteiger partial charge is 0.497 e. The van der Waals surface area contributed by atoms with Gasteiger partial charge in [0.15, 0.2) is 0 Å². The average Bonchev–Trinajstić information content (AvgIpc) is 2.91. The Morgan fingerprint density at radius 2 is 1.54 bits per heavy atom. The number of amides is 3. The van der Waals surface area contributed by atoms with Gasteiger partial charge in [0, 0.05) is 40.3 Å². The third-order valence-corrected chi connectivity index (χ3v) is 6.96. The van der Waals surface area contributed by atoms with Crippen molar-refractivity contribution < 1.29 is 19.1 Å². The van der Waals surface area contributed by atoms with Gasteiger partial charge >= 0.3 is 0 Å². The number of imide groups is 1. The maximum absolute atomic E-state index is 13.6. The maximum Gasteiger partial charge on any atom is 0.261 e. The van der Waals surface area contributed by atoms with Gasteiger partial charge in [-0.05, 0) is 66.4 Å². The van der Waals surface area contributed by atoms with Gasteiger partial charge in [0.1, 0.15) is 5.75 Å². The molecule has 0 aromatic heterocycles. The molecule has 0 fully saturated rings. The van der Waals surface area contributed by atoms with E-state index in [0.717, 1.165) is 5.39 Å². The Morgan fingerprint density at radius 1 is 0.892 bits per heavy atom. The molecule has 0 saturated heterocycles. The van der Waals surface area contributed by atoms with E-state index in [1.807, 2.05) is 24.3 Å². The minimum Gasteiger partial charge on any atom is -0.497 e. The van der Waals surface area contributed by atoms with Crippen LogP contribution in [0.4, 0.5) is 5.69 Å². The predicted octanol–water partition coefficient (Wildman–Crippen LogP) is 6.49. The van der Waals surface area contributed by atoms with Crippen LogP contribution in [-0.2, 0) is 0 Å². The molecule has 37 heavy (non-hydrogen) atoms. The Balaban J connectivity index is 1.40. The number of halogens is 2. The highest BCUT2D eigenvalue weighted by molar-refractivity contribution is 6.37. The van der Waals surface area contributed by atoms with Gasteiger partial charge in [-0.2, -0.15) is 0 Å². The Kier molecular flexibility index (Phi) is 6.87. The van der Waals surface area contributed by atoms with E-state index in [1.54, 1.807) is 60.5 Å². The lowest BCUT2D eigenvalue weighted by molar-refractivity contribution is 0.0610. The maximum atomic E-state index is 13.6. The molecular formula is C29H22Cl2N2O4. The number of benzene rings is 4. The zero-order chi connectivity index (χ0) is 26.1. The Bertz CT molecular complexity index is 1480. The molecule has 4 aromatic carbocycles. The first kappa shape index (κ1) is 24.8. The van der Waals surface area contributed by atoms with Crippen LogP contribution in [0.2, 0.25) is 10.0 Å². The van der Waals surface area contributed by atoms with E-state index in [4.69, 9.17) is 27.9 Å². The standard InChI is InChI=1S/C29H22Cl2N2O4/c1-37-21-12-10-20(11-13-21)32(27(34)22-14-9-19(30)17-25(22)31)15-4-16-33-28(35)23-7-2-5-18-6-3-8-24(26(18)23)29(33)36/h2-3,5-14,17H,4,15-16H2,1H3. The fourth-order valence-electron chi connectivity index (χ4n) is 4.59. The van der Waals surface area contributed by atoms with Gasteiger partial charge in [0.25, 0.3) is 17.7 Å². The van der Waals surface area contributed by atoms with E-state index >= 15 is 0 Å². The Labute approximate surface area is 224 Å². The topological polar surface area (TPSA) is 66.9 Å². The number of hydrogen-bond donors (Lipinski definition) is 0. The lowest BCUT2D eigenvalue weighted by Gasteiger charge is -2.29. The number of hydrogen-bond acceptors (Lipinski definition) is 4. The summed E-state index contributed by atoms with van der Waals surface area (Å²) in [5.74, 6) is -0.342. The van der Waals surface area contributed by atoms with Gasteiger partial charge < -0.3 is 9.64 Å². The molecule has 0 N–H and O–H groups in total. The summed E-state index contributed by atoms with van der Waals surface area (Å²) in [5, 5.41) is 2.20. The summed E-state index contributed by atoms with van der Waals surface area (Å²) in [6.07, 6.45) is 0.360. The van der Waals surface area contributed by atoms with E-state index in [-0.39, 0.29) is 35.8 Å². The Hall–Kier alpha value is -3.87. The second-order valence-electron chi connectivity index (χ2n) is 8.60. The molecule has 8 heteroatoms. The van der Waals surface area contributed by atoms with Gasteiger partial charge in [0.2, 0.25) is 0 Å². The number of rotatable bonds is 7. The summed E-state index contributed by atoms with van der Waals surface area (Å²) >= 11 is 12.4. The van der Waals surface area contributed by atoms with Crippen molar-refractivity contribution in [3.8, 4) is 5.75 Å². The van der Waals surface area contributed by atoms with Crippen molar-refractivity contribution in [1.29, 1.82) is 0 Å². The smallest absolute Gasteiger partial charge is 0.261 e. The van der Waals surface area contributed by atoms with Crippen LogP contribution in [0.25, 0.3) is 10.8 Å². The van der Waals surface area contributed by atoms with Crippen LogP contribution in [0.15, 0.2) is 78.9 Å². The molecule has 0 unspecified atom stereocenters. The number of ether oxygens (including phenoxy) is 1. The first-order valence-corrected chi connectivity index (χ1v) is 12.4.